The van der Waals surface area contributed by atoms with Gasteiger partial charge in [0.25, 0.3) is 0 Å². The fourth-order valence-electron chi connectivity index (χ4n) is 1.09. The van der Waals surface area contributed by atoms with Crippen molar-refractivity contribution in [1.29, 1.82) is 0 Å². The zero-order valence-electron chi connectivity index (χ0n) is 7.36. The standard InChI is InChI=1S/C9H11F2NO2/c10-9(11)14-8-4-2-1-3-6(8)7(13)5-12/h1-4,7,9,13H,5,12H2/t7-/m0/s1. The summed E-state index contributed by atoms with van der Waals surface area (Å²) in [4.78, 5) is 0. The highest BCUT2D eigenvalue weighted by Gasteiger charge is 2.14. The Morgan fingerprint density at radius 3 is 2.57 bits per heavy atom. The minimum absolute atomic E-state index is 0.0381. The van der Waals surface area contributed by atoms with Crippen molar-refractivity contribution in [1.82, 2.24) is 0 Å². The van der Waals surface area contributed by atoms with Crippen LogP contribution in [-0.2, 0) is 0 Å². The van der Waals surface area contributed by atoms with Crippen LogP contribution in [0, 0.1) is 0 Å². The fraction of sp³-hybridized carbons (Fsp3) is 0.333. The summed E-state index contributed by atoms with van der Waals surface area (Å²) in [5.74, 6) is -0.0412. The quantitative estimate of drug-likeness (QED) is 0.775. The van der Waals surface area contributed by atoms with Gasteiger partial charge in [-0.25, -0.2) is 0 Å². The van der Waals surface area contributed by atoms with Gasteiger partial charge in [-0.15, -0.1) is 0 Å². The highest BCUT2D eigenvalue weighted by atomic mass is 19.3. The molecule has 3 N–H and O–H groups in total. The second kappa shape index (κ2) is 4.88. The summed E-state index contributed by atoms with van der Waals surface area (Å²) in [6.45, 7) is -2.94. The Morgan fingerprint density at radius 2 is 2.00 bits per heavy atom. The molecule has 0 fully saturated rings. The predicted octanol–water partition coefficient (Wildman–Crippen LogP) is 1.28. The normalized spacial score (nSPS) is 12.9. The van der Waals surface area contributed by atoms with Crippen LogP contribution in [0.25, 0.3) is 0 Å². The van der Waals surface area contributed by atoms with Gasteiger partial charge in [0, 0.05) is 12.1 Å². The number of nitrogens with two attached hydrogens (primary N) is 1. The second-order valence-corrected chi connectivity index (χ2v) is 2.67. The first-order chi connectivity index (χ1) is 6.65. The Morgan fingerprint density at radius 1 is 1.36 bits per heavy atom. The highest BCUT2D eigenvalue weighted by molar-refractivity contribution is 5.35. The second-order valence-electron chi connectivity index (χ2n) is 2.67. The number of aliphatic hydroxyl groups is 1. The molecule has 0 aliphatic carbocycles. The average molecular weight is 203 g/mol. The van der Waals surface area contributed by atoms with Gasteiger partial charge in [0.15, 0.2) is 0 Å². The molecule has 1 aromatic rings. The molecule has 0 spiro atoms. The molecule has 1 aromatic carbocycles. The van der Waals surface area contributed by atoms with Crippen molar-refractivity contribution < 1.29 is 18.6 Å². The zero-order valence-corrected chi connectivity index (χ0v) is 7.36. The van der Waals surface area contributed by atoms with Crippen molar-refractivity contribution in [2.24, 2.45) is 5.73 Å². The average Bonchev–Trinajstić information content (AvgIpc) is 2.16. The Balaban J connectivity index is 2.91. The van der Waals surface area contributed by atoms with Crippen LogP contribution in [0.15, 0.2) is 24.3 Å². The molecule has 78 valence electrons. The van der Waals surface area contributed by atoms with E-state index in [1.165, 1.54) is 12.1 Å². The van der Waals surface area contributed by atoms with Crippen molar-refractivity contribution in [3.63, 3.8) is 0 Å². The molecule has 0 aliphatic rings. The number of rotatable bonds is 4. The van der Waals surface area contributed by atoms with Crippen LogP contribution in [-0.4, -0.2) is 18.3 Å². The third-order valence-electron chi connectivity index (χ3n) is 1.72. The number of halogens is 2. The molecule has 1 rings (SSSR count). The number of alkyl halides is 2. The minimum Gasteiger partial charge on any atom is -0.434 e. The van der Waals surface area contributed by atoms with E-state index >= 15 is 0 Å². The van der Waals surface area contributed by atoms with Crippen molar-refractivity contribution in [2.75, 3.05) is 6.54 Å². The Labute approximate surface area is 80.1 Å². The lowest BCUT2D eigenvalue weighted by molar-refractivity contribution is -0.0514. The van der Waals surface area contributed by atoms with E-state index in [4.69, 9.17) is 5.73 Å². The maximum Gasteiger partial charge on any atom is 0.387 e. The molecule has 5 heteroatoms. The number of ether oxygens (including phenoxy) is 1. The smallest absolute Gasteiger partial charge is 0.387 e. The fourth-order valence-corrected chi connectivity index (χ4v) is 1.09. The molecule has 0 saturated heterocycles. The third-order valence-corrected chi connectivity index (χ3v) is 1.72. The summed E-state index contributed by atoms with van der Waals surface area (Å²) in [6.07, 6.45) is -0.982. The van der Waals surface area contributed by atoms with Crippen LogP contribution < -0.4 is 10.5 Å². The lowest BCUT2D eigenvalue weighted by Crippen LogP contribution is -2.14. The van der Waals surface area contributed by atoms with E-state index in [-0.39, 0.29) is 17.9 Å². The van der Waals surface area contributed by atoms with Crippen LogP contribution in [0.5, 0.6) is 5.75 Å². The van der Waals surface area contributed by atoms with Crippen LogP contribution in [0.2, 0.25) is 0 Å². The molecular weight excluding hydrogens is 192 g/mol. The van der Waals surface area contributed by atoms with Gasteiger partial charge >= 0.3 is 6.61 Å². The molecule has 0 unspecified atom stereocenters. The highest BCUT2D eigenvalue weighted by Crippen LogP contribution is 2.25. The lowest BCUT2D eigenvalue weighted by atomic mass is 10.1. The zero-order chi connectivity index (χ0) is 10.6. The summed E-state index contributed by atoms with van der Waals surface area (Å²) in [7, 11) is 0. The van der Waals surface area contributed by atoms with Gasteiger partial charge in [-0.3, -0.25) is 0 Å². The van der Waals surface area contributed by atoms with Gasteiger partial charge in [0.05, 0.1) is 6.10 Å². The van der Waals surface area contributed by atoms with Crippen LogP contribution in [0.3, 0.4) is 0 Å². The van der Waals surface area contributed by atoms with Gasteiger partial charge in [-0.05, 0) is 6.07 Å². The molecule has 0 aromatic heterocycles. The topological polar surface area (TPSA) is 55.5 Å². The Hall–Kier alpha value is -1.20. The van der Waals surface area contributed by atoms with Crippen molar-refractivity contribution in [3.05, 3.63) is 29.8 Å². The summed E-state index contributed by atoms with van der Waals surface area (Å²) in [5, 5.41) is 9.37. The molecular formula is C9H11F2NO2. The van der Waals surface area contributed by atoms with Crippen LogP contribution >= 0.6 is 0 Å². The number of aliphatic hydroxyl groups excluding tert-OH is 1. The first-order valence-corrected chi connectivity index (χ1v) is 4.07. The predicted molar refractivity (Wildman–Crippen MR) is 47.1 cm³/mol. The third kappa shape index (κ3) is 2.65. The van der Waals surface area contributed by atoms with E-state index in [1.807, 2.05) is 0 Å². The molecule has 0 radical (unpaired) electrons. The van der Waals surface area contributed by atoms with E-state index in [0.29, 0.717) is 0 Å². The summed E-state index contributed by atoms with van der Waals surface area (Å²) in [6, 6.07) is 6.02. The van der Waals surface area contributed by atoms with Crippen molar-refractivity contribution >= 4 is 0 Å². The molecule has 14 heavy (non-hydrogen) atoms. The largest absolute Gasteiger partial charge is 0.434 e. The number of hydrogen-bond acceptors (Lipinski definition) is 3. The summed E-state index contributed by atoms with van der Waals surface area (Å²) < 4.78 is 28.1. The molecule has 1 atom stereocenters. The Bertz CT molecular complexity index is 294. The van der Waals surface area contributed by atoms with Gasteiger partial charge in [0.2, 0.25) is 0 Å². The van der Waals surface area contributed by atoms with Crippen LogP contribution in [0.1, 0.15) is 11.7 Å². The Kier molecular flexibility index (Phi) is 3.79. The maximum absolute atomic E-state index is 11.9. The first kappa shape index (κ1) is 10.9. The molecule has 0 amide bonds. The van der Waals surface area contributed by atoms with E-state index in [0.717, 1.165) is 0 Å². The van der Waals surface area contributed by atoms with Gasteiger partial charge in [-0.2, -0.15) is 8.78 Å². The SMILES string of the molecule is NC[C@H](O)c1ccccc1OC(F)F. The molecule has 0 aliphatic heterocycles. The number of para-hydroxylation sites is 1. The molecule has 3 nitrogen and oxygen atoms in total. The van der Waals surface area contributed by atoms with Crippen molar-refractivity contribution in [2.45, 2.75) is 12.7 Å². The summed E-state index contributed by atoms with van der Waals surface area (Å²) >= 11 is 0. The van der Waals surface area contributed by atoms with Crippen LogP contribution in [0.4, 0.5) is 8.78 Å². The molecule has 0 heterocycles. The minimum atomic E-state index is -2.90. The van der Waals surface area contributed by atoms with E-state index in [2.05, 4.69) is 4.74 Å². The van der Waals surface area contributed by atoms with Gasteiger partial charge < -0.3 is 15.6 Å². The molecule has 0 saturated carbocycles. The first-order valence-electron chi connectivity index (χ1n) is 4.07. The van der Waals surface area contributed by atoms with Gasteiger partial charge in [-0.1, -0.05) is 18.2 Å². The summed E-state index contributed by atoms with van der Waals surface area (Å²) in [5.41, 5.74) is 5.48. The van der Waals surface area contributed by atoms with E-state index < -0.39 is 12.7 Å². The maximum atomic E-state index is 11.9. The number of benzene rings is 1. The van der Waals surface area contributed by atoms with Crippen molar-refractivity contribution in [3.8, 4) is 5.75 Å². The van der Waals surface area contributed by atoms with E-state index in [1.54, 1.807) is 12.1 Å². The lowest BCUT2D eigenvalue weighted by Gasteiger charge is -2.13. The van der Waals surface area contributed by atoms with E-state index in [9.17, 15) is 13.9 Å². The monoisotopic (exact) mass is 203 g/mol. The number of hydrogen-bond donors (Lipinski definition) is 2. The molecule has 0 bridgehead atoms. The van der Waals surface area contributed by atoms with Gasteiger partial charge in [0.1, 0.15) is 5.75 Å².